The Morgan fingerprint density at radius 2 is 1.92 bits per heavy atom. The zero-order chi connectivity index (χ0) is 35.8. The summed E-state index contributed by atoms with van der Waals surface area (Å²) < 4.78 is 19.8. The van der Waals surface area contributed by atoms with Crippen LogP contribution in [0, 0.1) is 11.2 Å². The van der Waals surface area contributed by atoms with Crippen LogP contribution >= 0.6 is 11.6 Å². The Morgan fingerprint density at radius 3 is 2.56 bits per heavy atom. The molecule has 14 heteroatoms. The van der Waals surface area contributed by atoms with E-state index in [0.717, 1.165) is 57.3 Å². The van der Waals surface area contributed by atoms with Crippen LogP contribution in [0.15, 0.2) is 54.9 Å². The number of nitrogens with two attached hydrogens (primary N) is 1. The van der Waals surface area contributed by atoms with Crippen LogP contribution in [-0.4, -0.2) is 97.3 Å². The van der Waals surface area contributed by atoms with Crippen LogP contribution in [0.3, 0.4) is 0 Å². The van der Waals surface area contributed by atoms with Crippen molar-refractivity contribution in [3.8, 4) is 5.75 Å². The third kappa shape index (κ3) is 9.46. The number of nitrogens with one attached hydrogen (secondary N) is 5. The summed E-state index contributed by atoms with van der Waals surface area (Å²) in [6, 6.07) is 9.76. The van der Waals surface area contributed by atoms with Crippen molar-refractivity contribution in [2.24, 2.45) is 5.84 Å². The second-order valence-electron chi connectivity index (χ2n) is 13.3. The maximum Gasteiger partial charge on any atom is 0.247 e. The van der Waals surface area contributed by atoms with E-state index in [1.54, 1.807) is 25.3 Å². The molecule has 2 aromatic carbocycles. The fourth-order valence-corrected chi connectivity index (χ4v) is 7.36. The first-order chi connectivity index (χ1) is 24.1. The standard InChI is InChI=1S/C36H51ClFN9O3/c1-4-35(49)43-29-19-30(42-33(39)21-34(44-40)41-25(12-17-48)18-24-6-5-7-28(38)36(24)37)32(50-3)20-31(29)45-13-10-26(11-14-45)46-15-16-47(23(2)22-46)27-8-9-27/h4-7,19-21,23,25-27,41,44,48H,1,8-18,22,40H2,2-3H3,(H2,39,42)(H,43,49)/b34-21-/t23-,25+/m0/s1. The molecule has 8 N–H and O–H groups in total. The van der Waals surface area contributed by atoms with Gasteiger partial charge in [-0.05, 0) is 69.2 Å². The van der Waals surface area contributed by atoms with Crippen molar-refractivity contribution in [3.63, 3.8) is 0 Å². The number of amidine groups is 1. The molecular weight excluding hydrogens is 661 g/mol. The number of hydrogen-bond donors (Lipinski definition) is 7. The number of ether oxygens (including phenoxy) is 1. The Kier molecular flexibility index (Phi) is 13.0. The molecule has 0 unspecified atom stereocenters. The highest BCUT2D eigenvalue weighted by atomic mass is 35.5. The lowest BCUT2D eigenvalue weighted by atomic mass is 9.99. The van der Waals surface area contributed by atoms with Crippen molar-refractivity contribution in [2.75, 3.05) is 62.0 Å². The number of hydrazine groups is 1. The Hall–Kier alpha value is -3.88. The van der Waals surface area contributed by atoms with Crippen molar-refractivity contribution < 1.29 is 19.0 Å². The molecule has 2 heterocycles. The molecule has 2 aromatic rings. The molecule has 2 aliphatic heterocycles. The van der Waals surface area contributed by atoms with Gasteiger partial charge in [0.05, 0.1) is 29.2 Å². The van der Waals surface area contributed by atoms with Crippen molar-refractivity contribution in [2.45, 2.75) is 69.6 Å². The summed E-state index contributed by atoms with van der Waals surface area (Å²) >= 11 is 6.17. The van der Waals surface area contributed by atoms with E-state index >= 15 is 0 Å². The number of anilines is 3. The molecule has 2 atom stereocenters. The highest BCUT2D eigenvalue weighted by Gasteiger charge is 2.37. The predicted molar refractivity (Wildman–Crippen MR) is 198 cm³/mol. The number of rotatable bonds is 15. The largest absolute Gasteiger partial charge is 0.494 e. The number of methoxy groups -OCH3 is 1. The Labute approximate surface area is 299 Å². The molecule has 0 radical (unpaired) electrons. The van der Waals surface area contributed by atoms with Gasteiger partial charge in [-0.25, -0.2) is 10.2 Å². The van der Waals surface area contributed by atoms with Gasteiger partial charge in [-0.3, -0.25) is 20.0 Å². The highest BCUT2D eigenvalue weighted by molar-refractivity contribution is 6.31. The molecule has 0 aromatic heterocycles. The van der Waals surface area contributed by atoms with Gasteiger partial charge in [0.2, 0.25) is 5.91 Å². The molecule has 3 fully saturated rings. The molecule has 1 saturated carbocycles. The van der Waals surface area contributed by atoms with Gasteiger partial charge in [-0.2, -0.15) is 0 Å². The first-order valence-corrected chi connectivity index (χ1v) is 17.8. The normalized spacial score (nSPS) is 19.8. The van der Waals surface area contributed by atoms with Crippen molar-refractivity contribution >= 4 is 40.4 Å². The van der Waals surface area contributed by atoms with Gasteiger partial charge in [0.25, 0.3) is 0 Å². The SMILES string of the molecule is C=CC(=O)Nc1cc(NC(=N)/C=C(\NN)N[C@H](CCO)Cc2cccc(F)c2Cl)c(OC)cc1N1CCC(N2CCN(C3CC3)[C@@H](C)C2)CC1. The molecule has 12 nitrogen and oxygen atoms in total. The molecule has 50 heavy (non-hydrogen) atoms. The molecule has 1 aliphatic carbocycles. The Morgan fingerprint density at radius 1 is 1.16 bits per heavy atom. The van der Waals surface area contributed by atoms with Crippen LogP contribution in [0.1, 0.15) is 44.6 Å². The van der Waals surface area contributed by atoms with E-state index < -0.39 is 5.82 Å². The zero-order valence-corrected chi connectivity index (χ0v) is 29.7. The Bertz CT molecular complexity index is 1550. The summed E-state index contributed by atoms with van der Waals surface area (Å²) in [5.74, 6) is 5.67. The zero-order valence-electron chi connectivity index (χ0n) is 29.0. The lowest BCUT2D eigenvalue weighted by Gasteiger charge is -2.46. The van der Waals surface area contributed by atoms with Gasteiger partial charge in [0.1, 0.15) is 23.2 Å². The number of hydrogen-bond acceptors (Lipinski definition) is 10. The average Bonchev–Trinajstić information content (AvgIpc) is 3.96. The van der Waals surface area contributed by atoms with Gasteiger partial charge >= 0.3 is 0 Å². The van der Waals surface area contributed by atoms with Crippen LogP contribution in [0.5, 0.6) is 5.75 Å². The van der Waals surface area contributed by atoms with E-state index in [1.807, 2.05) is 6.07 Å². The van der Waals surface area contributed by atoms with Gasteiger partial charge < -0.3 is 36.1 Å². The van der Waals surface area contributed by atoms with Gasteiger partial charge in [-0.15, -0.1) is 0 Å². The van der Waals surface area contributed by atoms with E-state index in [9.17, 15) is 14.3 Å². The number of nitrogens with zero attached hydrogens (tertiary/aromatic N) is 3. The number of amides is 1. The van der Waals surface area contributed by atoms with E-state index in [0.29, 0.717) is 47.6 Å². The maximum atomic E-state index is 14.0. The fraction of sp³-hybridized carbons (Fsp3) is 0.500. The lowest BCUT2D eigenvalue weighted by molar-refractivity contribution is -0.111. The molecule has 0 spiro atoms. The minimum absolute atomic E-state index is 0.0222. The summed E-state index contributed by atoms with van der Waals surface area (Å²) in [5.41, 5.74) is 5.00. The summed E-state index contributed by atoms with van der Waals surface area (Å²) in [7, 11) is 1.56. The number of piperazine rings is 1. The molecule has 1 amide bonds. The summed E-state index contributed by atoms with van der Waals surface area (Å²) in [4.78, 5) is 20.2. The predicted octanol–water partition coefficient (Wildman–Crippen LogP) is 4.03. The van der Waals surface area contributed by atoms with Crippen LogP contribution in [0.25, 0.3) is 0 Å². The minimum atomic E-state index is -0.522. The Balaban J connectivity index is 1.28. The van der Waals surface area contributed by atoms with E-state index in [4.69, 9.17) is 27.6 Å². The van der Waals surface area contributed by atoms with Crippen LogP contribution in [-0.2, 0) is 11.2 Å². The average molecular weight is 712 g/mol. The summed E-state index contributed by atoms with van der Waals surface area (Å²) in [6.45, 7) is 10.9. The number of halogens is 2. The molecule has 5 rings (SSSR count). The maximum absolute atomic E-state index is 14.0. The van der Waals surface area contributed by atoms with E-state index in [2.05, 4.69) is 49.6 Å². The van der Waals surface area contributed by atoms with Crippen LogP contribution in [0.4, 0.5) is 21.5 Å². The smallest absolute Gasteiger partial charge is 0.247 e. The third-order valence-corrected chi connectivity index (χ3v) is 10.3. The number of carbonyl (C=O) groups is 1. The highest BCUT2D eigenvalue weighted by Crippen LogP contribution is 2.39. The number of aliphatic hydroxyl groups is 1. The van der Waals surface area contributed by atoms with Gasteiger partial charge in [0.15, 0.2) is 0 Å². The number of carbonyl (C=O) groups excluding carboxylic acids is 1. The van der Waals surface area contributed by atoms with Crippen LogP contribution < -0.4 is 36.9 Å². The first-order valence-electron chi connectivity index (χ1n) is 17.4. The van der Waals surface area contributed by atoms with Crippen molar-refractivity contribution in [1.82, 2.24) is 20.5 Å². The minimum Gasteiger partial charge on any atom is -0.494 e. The van der Waals surface area contributed by atoms with Crippen molar-refractivity contribution in [1.29, 1.82) is 5.41 Å². The number of piperidine rings is 1. The van der Waals surface area contributed by atoms with Gasteiger partial charge in [-0.1, -0.05) is 30.3 Å². The second kappa shape index (κ2) is 17.4. The summed E-state index contributed by atoms with van der Waals surface area (Å²) in [6.07, 6.45) is 8.03. The number of aliphatic hydroxyl groups excluding tert-OH is 1. The molecular formula is C36H51ClFN9O3. The van der Waals surface area contributed by atoms with Crippen molar-refractivity contribution in [3.05, 3.63) is 71.3 Å². The molecule has 0 bridgehead atoms. The van der Waals surface area contributed by atoms with E-state index in [1.165, 1.54) is 31.1 Å². The van der Waals surface area contributed by atoms with Crippen LogP contribution in [0.2, 0.25) is 5.02 Å². The monoisotopic (exact) mass is 711 g/mol. The topological polar surface area (TPSA) is 154 Å². The quantitative estimate of drug-likeness (QED) is 0.0474. The second-order valence-corrected chi connectivity index (χ2v) is 13.7. The first kappa shape index (κ1) is 37.4. The number of benzene rings is 2. The lowest BCUT2D eigenvalue weighted by Crippen LogP contribution is -2.57. The molecule has 272 valence electrons. The molecule has 2 saturated heterocycles. The van der Waals surface area contributed by atoms with Gasteiger partial charge in [0, 0.05) is 75.6 Å². The third-order valence-electron chi connectivity index (χ3n) is 9.86. The summed E-state index contributed by atoms with van der Waals surface area (Å²) in [5, 5.41) is 27.6. The molecule has 3 aliphatic rings. The van der Waals surface area contributed by atoms with E-state index in [-0.39, 0.29) is 35.2 Å². The fourth-order valence-electron chi connectivity index (χ4n) is 7.16.